The van der Waals surface area contributed by atoms with Crippen molar-refractivity contribution in [3.8, 4) is 17.6 Å². The van der Waals surface area contributed by atoms with E-state index in [-0.39, 0.29) is 23.8 Å². The van der Waals surface area contributed by atoms with Gasteiger partial charge in [0, 0.05) is 10.5 Å². The van der Waals surface area contributed by atoms with Crippen molar-refractivity contribution >= 4 is 26.0 Å². The van der Waals surface area contributed by atoms with E-state index in [0.717, 1.165) is 16.6 Å². The summed E-state index contributed by atoms with van der Waals surface area (Å²) < 4.78 is 58.0. The number of nitrogens with one attached hydrogen (secondary N) is 1. The van der Waals surface area contributed by atoms with E-state index in [1.807, 2.05) is 0 Å². The molecule has 2 aromatic rings. The minimum Gasteiger partial charge on any atom is -0.478 e. The highest BCUT2D eigenvalue weighted by Crippen LogP contribution is 2.17. The second-order valence-corrected chi connectivity index (χ2v) is 7.18. The maximum atomic E-state index is 13.3. The van der Waals surface area contributed by atoms with Gasteiger partial charge >= 0.3 is 0 Å². The lowest BCUT2D eigenvalue weighted by atomic mass is 10.3. The Balaban J connectivity index is 1.84. The number of halogens is 3. The molecule has 0 aliphatic heterocycles. The topological polar surface area (TPSA) is 55.4 Å². The molecule has 126 valence electrons. The van der Waals surface area contributed by atoms with E-state index in [4.69, 9.17) is 4.74 Å². The molecular formula is C16H12BrF2NO3S. The molecule has 0 spiro atoms. The van der Waals surface area contributed by atoms with E-state index < -0.39 is 21.7 Å². The number of hydrogen-bond acceptors (Lipinski definition) is 3. The van der Waals surface area contributed by atoms with Crippen LogP contribution < -0.4 is 9.46 Å². The van der Waals surface area contributed by atoms with Gasteiger partial charge in [0.2, 0.25) is 10.0 Å². The zero-order chi connectivity index (χ0) is 17.6. The van der Waals surface area contributed by atoms with Gasteiger partial charge in [0.25, 0.3) is 0 Å². The van der Waals surface area contributed by atoms with Gasteiger partial charge in [-0.15, -0.1) is 0 Å². The van der Waals surface area contributed by atoms with Crippen molar-refractivity contribution in [2.24, 2.45) is 0 Å². The van der Waals surface area contributed by atoms with Gasteiger partial charge in [-0.05, 0) is 36.4 Å². The molecule has 0 radical (unpaired) electrons. The Hall–Kier alpha value is -1.95. The highest BCUT2D eigenvalue weighted by atomic mass is 79.9. The molecule has 0 saturated heterocycles. The first-order valence-corrected chi connectivity index (χ1v) is 8.95. The highest BCUT2D eigenvalue weighted by Gasteiger charge is 2.11. The maximum Gasteiger partial charge on any atom is 0.241 e. The van der Waals surface area contributed by atoms with Crippen LogP contribution >= 0.6 is 15.9 Å². The van der Waals surface area contributed by atoms with Crippen molar-refractivity contribution in [3.05, 3.63) is 58.6 Å². The van der Waals surface area contributed by atoms with E-state index in [1.165, 1.54) is 12.1 Å². The van der Waals surface area contributed by atoms with Crippen molar-refractivity contribution in [3.63, 3.8) is 0 Å². The summed E-state index contributed by atoms with van der Waals surface area (Å²) in [7, 11) is -3.64. The largest absolute Gasteiger partial charge is 0.478 e. The van der Waals surface area contributed by atoms with E-state index in [9.17, 15) is 17.2 Å². The molecule has 2 aromatic carbocycles. The average molecular weight is 416 g/mol. The van der Waals surface area contributed by atoms with Gasteiger partial charge in [-0.1, -0.05) is 27.8 Å². The molecule has 0 aliphatic rings. The lowest BCUT2D eigenvalue weighted by Crippen LogP contribution is -2.24. The van der Waals surface area contributed by atoms with E-state index >= 15 is 0 Å². The van der Waals surface area contributed by atoms with Crippen LogP contribution in [0.3, 0.4) is 0 Å². The Bertz CT molecular complexity index is 874. The van der Waals surface area contributed by atoms with Crippen molar-refractivity contribution < 1.29 is 21.9 Å². The number of hydrogen-bond donors (Lipinski definition) is 1. The van der Waals surface area contributed by atoms with Gasteiger partial charge in [0.1, 0.15) is 12.4 Å². The molecule has 0 fully saturated rings. The third kappa shape index (κ3) is 5.30. The predicted octanol–water partition coefficient (Wildman–Crippen LogP) is 3.09. The van der Waals surface area contributed by atoms with Gasteiger partial charge in [0.15, 0.2) is 11.6 Å². The summed E-state index contributed by atoms with van der Waals surface area (Å²) in [5.41, 5.74) is 0. The van der Waals surface area contributed by atoms with Gasteiger partial charge in [-0.3, -0.25) is 0 Å². The predicted molar refractivity (Wildman–Crippen MR) is 89.0 cm³/mol. The molecule has 0 bridgehead atoms. The minimum atomic E-state index is -3.64. The summed E-state index contributed by atoms with van der Waals surface area (Å²) in [6.45, 7) is -0.268. The van der Waals surface area contributed by atoms with Crippen molar-refractivity contribution in [1.82, 2.24) is 4.72 Å². The van der Waals surface area contributed by atoms with Crippen LogP contribution in [0.5, 0.6) is 5.75 Å². The monoisotopic (exact) mass is 415 g/mol. The fraction of sp³-hybridized carbons (Fsp3) is 0.125. The summed E-state index contributed by atoms with van der Waals surface area (Å²) in [5.74, 6) is 3.44. The Morgan fingerprint density at radius 1 is 1.08 bits per heavy atom. The summed E-state index contributed by atoms with van der Waals surface area (Å²) >= 11 is 3.22. The average Bonchev–Trinajstić information content (AvgIpc) is 2.53. The lowest BCUT2D eigenvalue weighted by Gasteiger charge is -2.04. The van der Waals surface area contributed by atoms with E-state index in [0.29, 0.717) is 6.07 Å². The SMILES string of the molecule is O=S(=O)(NCC#CCOc1ccc(F)cc1F)c1ccc(Br)cc1. The standard InChI is InChI=1S/C16H12BrF2NO3S/c17-12-3-6-14(7-4-12)24(21,22)20-9-1-2-10-23-16-8-5-13(18)11-15(16)19/h3-8,11,20H,9-10H2. The van der Waals surface area contributed by atoms with Crippen LogP contribution in [0.25, 0.3) is 0 Å². The second kappa shape index (κ2) is 8.24. The van der Waals surface area contributed by atoms with Crippen LogP contribution in [0.2, 0.25) is 0 Å². The Kier molecular flexibility index (Phi) is 6.31. The fourth-order valence-corrected chi connectivity index (χ4v) is 2.84. The third-order valence-corrected chi connectivity index (χ3v) is 4.74. The highest BCUT2D eigenvalue weighted by molar-refractivity contribution is 9.10. The van der Waals surface area contributed by atoms with E-state index in [2.05, 4.69) is 32.5 Å². The number of sulfonamides is 1. The molecule has 0 aromatic heterocycles. The first kappa shape index (κ1) is 18.4. The molecule has 0 atom stereocenters. The first-order chi connectivity index (χ1) is 11.4. The normalized spacial score (nSPS) is 10.8. The smallest absolute Gasteiger partial charge is 0.241 e. The van der Waals surface area contributed by atoms with Crippen molar-refractivity contribution in [2.45, 2.75) is 4.90 Å². The van der Waals surface area contributed by atoms with Crippen molar-refractivity contribution in [2.75, 3.05) is 13.2 Å². The Morgan fingerprint density at radius 3 is 2.46 bits per heavy atom. The molecule has 0 unspecified atom stereocenters. The summed E-state index contributed by atoms with van der Waals surface area (Å²) in [6, 6.07) is 9.08. The molecule has 0 amide bonds. The molecule has 24 heavy (non-hydrogen) atoms. The van der Waals surface area contributed by atoms with Crippen LogP contribution in [0.15, 0.2) is 51.8 Å². The lowest BCUT2D eigenvalue weighted by molar-refractivity contribution is 0.346. The van der Waals surface area contributed by atoms with Gasteiger partial charge in [-0.25, -0.2) is 17.2 Å². The van der Waals surface area contributed by atoms with Crippen LogP contribution in [0, 0.1) is 23.5 Å². The fourth-order valence-electron chi connectivity index (χ4n) is 1.65. The molecule has 1 N–H and O–H groups in total. The van der Waals surface area contributed by atoms with E-state index in [1.54, 1.807) is 12.1 Å². The van der Waals surface area contributed by atoms with Gasteiger partial charge < -0.3 is 4.74 Å². The van der Waals surface area contributed by atoms with Crippen LogP contribution in [0.1, 0.15) is 0 Å². The second-order valence-electron chi connectivity index (χ2n) is 4.50. The quantitative estimate of drug-likeness (QED) is 0.763. The first-order valence-electron chi connectivity index (χ1n) is 6.67. The summed E-state index contributed by atoms with van der Waals surface area (Å²) in [5, 5.41) is 0. The molecule has 4 nitrogen and oxygen atoms in total. The molecular weight excluding hydrogens is 404 g/mol. The molecule has 0 saturated carbocycles. The van der Waals surface area contributed by atoms with Crippen LogP contribution in [-0.4, -0.2) is 21.6 Å². The Labute approximate surface area is 147 Å². The van der Waals surface area contributed by atoms with Gasteiger partial charge in [0.05, 0.1) is 11.4 Å². The Morgan fingerprint density at radius 2 is 1.79 bits per heavy atom. The number of ether oxygens (including phenoxy) is 1. The summed E-state index contributed by atoms with van der Waals surface area (Å²) in [6.07, 6.45) is 0. The van der Waals surface area contributed by atoms with Gasteiger partial charge in [-0.2, -0.15) is 4.72 Å². The minimum absolute atomic E-state index is 0.117. The van der Waals surface area contributed by atoms with Crippen LogP contribution in [-0.2, 0) is 10.0 Å². The molecule has 0 heterocycles. The zero-order valence-electron chi connectivity index (χ0n) is 12.2. The van der Waals surface area contributed by atoms with Crippen molar-refractivity contribution in [1.29, 1.82) is 0 Å². The molecule has 0 aliphatic carbocycles. The van der Waals surface area contributed by atoms with Crippen LogP contribution in [0.4, 0.5) is 8.78 Å². The number of benzene rings is 2. The zero-order valence-corrected chi connectivity index (χ0v) is 14.6. The number of rotatable bonds is 5. The molecule has 2 rings (SSSR count). The molecule has 8 heteroatoms. The maximum absolute atomic E-state index is 13.3. The third-order valence-electron chi connectivity index (χ3n) is 2.79. The summed E-state index contributed by atoms with van der Waals surface area (Å²) in [4.78, 5) is 0.122.